The molecule has 5 nitrogen and oxygen atoms in total. The van der Waals surface area contributed by atoms with Crippen LogP contribution in [0, 0.1) is 5.41 Å². The zero-order valence-electron chi connectivity index (χ0n) is 13.1. The number of likely N-dealkylation sites (tertiary alicyclic amines) is 1. The molecule has 2 atom stereocenters. The van der Waals surface area contributed by atoms with Gasteiger partial charge in [0.25, 0.3) is 0 Å². The first-order valence-corrected chi connectivity index (χ1v) is 7.52. The number of carbonyl (C=O) groups excluding carboxylic acids is 1. The normalized spacial score (nSPS) is 20.8. The third kappa shape index (κ3) is 5.39. The summed E-state index contributed by atoms with van der Waals surface area (Å²) in [5.41, 5.74) is -0.0113. The van der Waals surface area contributed by atoms with E-state index in [4.69, 9.17) is 5.11 Å². The number of amides is 2. The molecule has 1 heterocycles. The van der Waals surface area contributed by atoms with Gasteiger partial charge in [0.15, 0.2) is 0 Å². The molecule has 0 bridgehead atoms. The van der Waals surface area contributed by atoms with Gasteiger partial charge in [-0.05, 0) is 31.1 Å². The Morgan fingerprint density at radius 1 is 1.40 bits per heavy atom. The number of carboxylic acid groups (broad SMARTS) is 1. The van der Waals surface area contributed by atoms with Gasteiger partial charge in [0.2, 0.25) is 0 Å². The molecule has 1 saturated heterocycles. The van der Waals surface area contributed by atoms with Crippen molar-refractivity contribution in [2.45, 2.75) is 71.9 Å². The van der Waals surface area contributed by atoms with Gasteiger partial charge in [-0.15, -0.1) is 0 Å². The first-order chi connectivity index (χ1) is 9.23. The number of nitrogens with one attached hydrogen (secondary N) is 1. The summed E-state index contributed by atoms with van der Waals surface area (Å²) in [6.45, 7) is 9.02. The average molecular weight is 284 g/mol. The van der Waals surface area contributed by atoms with Crippen LogP contribution in [0.25, 0.3) is 0 Å². The highest BCUT2D eigenvalue weighted by Gasteiger charge is 2.30. The number of aliphatic carboxylic acids is 1. The molecule has 0 aromatic carbocycles. The van der Waals surface area contributed by atoms with Crippen LogP contribution in [0.5, 0.6) is 0 Å². The Bertz CT molecular complexity index is 350. The van der Waals surface area contributed by atoms with E-state index in [-0.39, 0.29) is 23.9 Å². The van der Waals surface area contributed by atoms with Gasteiger partial charge < -0.3 is 15.3 Å². The standard InChI is InChI=1S/C15H28N2O3/c1-5-12-7-6-8-17(12)14(20)16-11(9-13(18)19)10-15(2,3)4/h11-12H,5-10H2,1-4H3,(H,16,20)(H,18,19). The second-order valence-electron chi connectivity index (χ2n) is 6.91. The van der Waals surface area contributed by atoms with Crippen molar-refractivity contribution in [3.63, 3.8) is 0 Å². The second-order valence-corrected chi connectivity index (χ2v) is 6.91. The van der Waals surface area contributed by atoms with Crippen molar-refractivity contribution in [1.29, 1.82) is 0 Å². The Morgan fingerprint density at radius 2 is 2.05 bits per heavy atom. The van der Waals surface area contributed by atoms with Gasteiger partial charge in [0.1, 0.15) is 0 Å². The van der Waals surface area contributed by atoms with E-state index in [9.17, 15) is 9.59 Å². The maximum Gasteiger partial charge on any atom is 0.317 e. The first kappa shape index (κ1) is 16.8. The predicted molar refractivity (Wildman–Crippen MR) is 78.7 cm³/mol. The maximum atomic E-state index is 12.3. The molecule has 1 aliphatic rings. The van der Waals surface area contributed by atoms with Crippen LogP contribution in [0.15, 0.2) is 0 Å². The monoisotopic (exact) mass is 284 g/mol. The summed E-state index contributed by atoms with van der Waals surface area (Å²) in [7, 11) is 0. The van der Waals surface area contributed by atoms with Crippen LogP contribution in [0.2, 0.25) is 0 Å². The largest absolute Gasteiger partial charge is 0.481 e. The van der Waals surface area contributed by atoms with E-state index < -0.39 is 5.97 Å². The van der Waals surface area contributed by atoms with Crippen molar-refractivity contribution >= 4 is 12.0 Å². The minimum Gasteiger partial charge on any atom is -0.481 e. The Balaban J connectivity index is 2.63. The summed E-state index contributed by atoms with van der Waals surface area (Å²) in [6.07, 6.45) is 3.68. The summed E-state index contributed by atoms with van der Waals surface area (Å²) in [5.74, 6) is -0.868. The third-order valence-electron chi connectivity index (χ3n) is 3.72. The summed E-state index contributed by atoms with van der Waals surface area (Å²) in [4.78, 5) is 25.1. The van der Waals surface area contributed by atoms with Crippen LogP contribution in [0.3, 0.4) is 0 Å². The van der Waals surface area contributed by atoms with Crippen LogP contribution in [-0.2, 0) is 4.79 Å². The topological polar surface area (TPSA) is 69.6 Å². The number of nitrogens with zero attached hydrogens (tertiary/aromatic N) is 1. The zero-order chi connectivity index (χ0) is 15.3. The summed E-state index contributed by atoms with van der Waals surface area (Å²) in [6, 6.07) is -0.113. The molecule has 1 aliphatic heterocycles. The molecule has 116 valence electrons. The molecule has 0 saturated carbocycles. The van der Waals surface area contributed by atoms with Crippen molar-refractivity contribution in [1.82, 2.24) is 10.2 Å². The minimum absolute atomic E-state index is 0.0113. The molecule has 2 N–H and O–H groups in total. The van der Waals surface area contributed by atoms with E-state index in [1.54, 1.807) is 0 Å². The number of carboxylic acids is 1. The Kier molecular flexibility index (Phi) is 5.84. The van der Waals surface area contributed by atoms with E-state index in [1.165, 1.54) is 0 Å². The predicted octanol–water partition coefficient (Wildman–Crippen LogP) is 2.85. The second kappa shape index (κ2) is 6.95. The molecule has 1 fully saturated rings. The van der Waals surface area contributed by atoms with Crippen LogP contribution in [0.1, 0.15) is 59.8 Å². The lowest BCUT2D eigenvalue weighted by Gasteiger charge is -2.30. The zero-order valence-corrected chi connectivity index (χ0v) is 13.1. The molecule has 1 rings (SSSR count). The fourth-order valence-corrected chi connectivity index (χ4v) is 2.91. The quantitative estimate of drug-likeness (QED) is 0.815. The fraction of sp³-hybridized carbons (Fsp3) is 0.867. The number of hydrogen-bond donors (Lipinski definition) is 2. The summed E-state index contributed by atoms with van der Waals surface area (Å²) in [5, 5.41) is 11.9. The van der Waals surface area contributed by atoms with Crippen molar-refractivity contribution in [3.05, 3.63) is 0 Å². The molecule has 0 spiro atoms. The highest BCUT2D eigenvalue weighted by molar-refractivity contribution is 5.76. The number of urea groups is 1. The molecule has 0 radical (unpaired) electrons. The van der Waals surface area contributed by atoms with E-state index in [2.05, 4.69) is 33.0 Å². The van der Waals surface area contributed by atoms with Crippen molar-refractivity contribution in [3.8, 4) is 0 Å². The average Bonchev–Trinajstić information content (AvgIpc) is 2.73. The molecular weight excluding hydrogens is 256 g/mol. The molecule has 20 heavy (non-hydrogen) atoms. The number of carbonyl (C=O) groups is 2. The molecule has 5 heteroatoms. The third-order valence-corrected chi connectivity index (χ3v) is 3.72. The van der Waals surface area contributed by atoms with E-state index >= 15 is 0 Å². The molecule has 0 aromatic rings. The van der Waals surface area contributed by atoms with E-state index in [0.717, 1.165) is 25.8 Å². The lowest BCUT2D eigenvalue weighted by Crippen LogP contribution is -2.48. The highest BCUT2D eigenvalue weighted by atomic mass is 16.4. The lowest BCUT2D eigenvalue weighted by atomic mass is 9.87. The minimum atomic E-state index is -0.868. The number of hydrogen-bond acceptors (Lipinski definition) is 2. The van der Waals surface area contributed by atoms with Crippen LogP contribution >= 0.6 is 0 Å². The van der Waals surface area contributed by atoms with Gasteiger partial charge in [-0.25, -0.2) is 4.79 Å². The van der Waals surface area contributed by atoms with Gasteiger partial charge in [0.05, 0.1) is 6.42 Å². The summed E-state index contributed by atoms with van der Waals surface area (Å²) >= 11 is 0. The van der Waals surface area contributed by atoms with Crippen LogP contribution in [-0.4, -0.2) is 40.6 Å². The van der Waals surface area contributed by atoms with Gasteiger partial charge in [-0.1, -0.05) is 27.7 Å². The van der Waals surface area contributed by atoms with E-state index in [0.29, 0.717) is 12.5 Å². The Morgan fingerprint density at radius 3 is 2.55 bits per heavy atom. The Labute approximate surface area is 121 Å². The van der Waals surface area contributed by atoms with Gasteiger partial charge in [0, 0.05) is 18.6 Å². The first-order valence-electron chi connectivity index (χ1n) is 7.52. The SMILES string of the molecule is CCC1CCCN1C(=O)NC(CC(=O)O)CC(C)(C)C. The number of rotatable bonds is 5. The van der Waals surface area contributed by atoms with Crippen molar-refractivity contribution < 1.29 is 14.7 Å². The molecular formula is C15H28N2O3. The molecule has 0 aliphatic carbocycles. The van der Waals surface area contributed by atoms with E-state index in [1.807, 2.05) is 4.90 Å². The summed E-state index contributed by atoms with van der Waals surface area (Å²) < 4.78 is 0. The lowest BCUT2D eigenvalue weighted by molar-refractivity contribution is -0.137. The molecule has 2 unspecified atom stereocenters. The maximum absolute atomic E-state index is 12.3. The highest BCUT2D eigenvalue weighted by Crippen LogP contribution is 2.24. The van der Waals surface area contributed by atoms with Crippen molar-refractivity contribution in [2.75, 3.05) is 6.54 Å². The van der Waals surface area contributed by atoms with Gasteiger partial charge >= 0.3 is 12.0 Å². The van der Waals surface area contributed by atoms with Crippen LogP contribution in [0.4, 0.5) is 4.79 Å². The van der Waals surface area contributed by atoms with Gasteiger partial charge in [-0.3, -0.25) is 4.79 Å². The molecule has 2 amide bonds. The van der Waals surface area contributed by atoms with Crippen LogP contribution < -0.4 is 5.32 Å². The Hall–Kier alpha value is -1.26. The molecule has 0 aromatic heterocycles. The fourth-order valence-electron chi connectivity index (χ4n) is 2.91. The van der Waals surface area contributed by atoms with Gasteiger partial charge in [-0.2, -0.15) is 0 Å². The smallest absolute Gasteiger partial charge is 0.317 e. The van der Waals surface area contributed by atoms with Crippen molar-refractivity contribution in [2.24, 2.45) is 5.41 Å².